The average Bonchev–Trinajstić information content (AvgIpc) is 3.28. The Morgan fingerprint density at radius 2 is 1.82 bits per heavy atom. The smallest absolute Gasteiger partial charge is 0.269 e. The van der Waals surface area contributed by atoms with E-state index in [2.05, 4.69) is 22.6 Å². The Morgan fingerprint density at radius 3 is 2.56 bits per heavy atom. The molecule has 13 nitrogen and oxygen atoms in total. The van der Waals surface area contributed by atoms with Crippen molar-refractivity contribution in [3.05, 3.63) is 142 Å². The first-order valence-corrected chi connectivity index (χ1v) is 22.0. The summed E-state index contributed by atoms with van der Waals surface area (Å²) in [4.78, 5) is 37.4. The maximum atomic E-state index is 11.6. The van der Waals surface area contributed by atoms with Crippen LogP contribution in [-0.2, 0) is 22.6 Å². The molecule has 0 saturated heterocycles. The van der Waals surface area contributed by atoms with Crippen molar-refractivity contribution in [3.63, 3.8) is 0 Å². The number of aromatic nitrogens is 2. The van der Waals surface area contributed by atoms with Gasteiger partial charge in [0.15, 0.2) is 0 Å². The molecule has 0 radical (unpaired) electrons. The summed E-state index contributed by atoms with van der Waals surface area (Å²) in [6, 6.07) is 19.2. The number of ether oxygens (including phenoxy) is 3. The Hall–Kier alpha value is -5.41. The number of benzene rings is 3. The molecule has 2 aliphatic carbocycles. The van der Waals surface area contributed by atoms with E-state index in [-0.39, 0.29) is 61.0 Å². The molecule has 0 amide bonds. The summed E-state index contributed by atoms with van der Waals surface area (Å²) in [6.07, 6.45) is 15.7. The van der Waals surface area contributed by atoms with Crippen molar-refractivity contribution in [2.75, 3.05) is 25.6 Å². The van der Waals surface area contributed by atoms with Gasteiger partial charge in [-0.1, -0.05) is 42.3 Å². The molecule has 0 spiro atoms. The Bertz CT molecular complexity index is 2190. The molecule has 0 bridgehead atoms. The topological polar surface area (TPSA) is 176 Å². The van der Waals surface area contributed by atoms with Crippen LogP contribution in [0.25, 0.3) is 0 Å². The molecule has 1 fully saturated rings. The number of carbonyl (C=O) groups excluding carboxylic acids is 1. The molecular formula is C47H52N4O9S. The van der Waals surface area contributed by atoms with E-state index in [9.17, 15) is 25.1 Å². The fourth-order valence-corrected chi connectivity index (χ4v) is 10.4. The summed E-state index contributed by atoms with van der Waals surface area (Å²) in [5.41, 5.74) is 4.84. The molecule has 1 saturated carbocycles. The van der Waals surface area contributed by atoms with E-state index in [1.165, 1.54) is 12.1 Å². The van der Waals surface area contributed by atoms with Gasteiger partial charge in [-0.2, -0.15) is 11.8 Å². The minimum absolute atomic E-state index is 0.000589. The lowest BCUT2D eigenvalue weighted by atomic mass is 9.56. The number of aryl methyl sites for hydroxylation is 1. The SMILES string of the molecule is C=CCOC12Oc3ccc(Oc4cccc(C=O)c4)cc3C3C(CCCCO)C(CCCCO)C=C(C(=NOCc4ccc([N+](=O)[O-])cc4)CC1SCCc1cnccn1)C32. The average molecular weight is 849 g/mol. The highest BCUT2D eigenvalue weighted by molar-refractivity contribution is 8.00. The van der Waals surface area contributed by atoms with Crippen LogP contribution in [0.4, 0.5) is 5.69 Å². The van der Waals surface area contributed by atoms with Gasteiger partial charge >= 0.3 is 0 Å². The fourth-order valence-electron chi connectivity index (χ4n) is 8.99. The number of fused-ring (bicyclic) bond motifs is 2. The number of oxime groups is 1. The van der Waals surface area contributed by atoms with Crippen molar-refractivity contribution >= 4 is 29.4 Å². The van der Waals surface area contributed by atoms with Crippen molar-refractivity contribution in [1.82, 2.24) is 9.97 Å². The first-order chi connectivity index (χ1) is 29.9. The van der Waals surface area contributed by atoms with Gasteiger partial charge in [-0.15, -0.1) is 6.58 Å². The minimum atomic E-state index is -1.16. The number of rotatable bonds is 22. The zero-order chi connectivity index (χ0) is 42.6. The number of hydrogen-bond donors (Lipinski definition) is 2. The number of unbranched alkanes of at least 4 members (excludes halogenated alkanes) is 2. The normalized spacial score (nSPS) is 23.2. The van der Waals surface area contributed by atoms with Gasteiger partial charge in [-0.25, -0.2) is 0 Å². The number of carbonyl (C=O) groups is 1. The third-order valence-electron chi connectivity index (χ3n) is 11.7. The largest absolute Gasteiger partial charge is 0.460 e. The molecule has 3 aromatic carbocycles. The van der Waals surface area contributed by atoms with Crippen LogP contribution < -0.4 is 9.47 Å². The van der Waals surface area contributed by atoms with E-state index < -0.39 is 10.7 Å². The molecule has 14 heteroatoms. The number of nitro groups is 1. The molecule has 1 aromatic heterocycles. The van der Waals surface area contributed by atoms with Crippen LogP contribution in [-0.4, -0.2) is 73.7 Å². The highest BCUT2D eigenvalue weighted by atomic mass is 32.2. The van der Waals surface area contributed by atoms with Gasteiger partial charge < -0.3 is 29.3 Å². The number of non-ortho nitro benzene ring substituents is 1. The summed E-state index contributed by atoms with van der Waals surface area (Å²) in [6.45, 7) is 4.56. The second-order valence-corrected chi connectivity index (χ2v) is 16.9. The summed E-state index contributed by atoms with van der Waals surface area (Å²) in [5.74, 6) is 1.02. The van der Waals surface area contributed by atoms with Crippen LogP contribution in [0.15, 0.2) is 115 Å². The lowest BCUT2D eigenvalue weighted by Gasteiger charge is -2.58. The monoisotopic (exact) mass is 848 g/mol. The van der Waals surface area contributed by atoms with Crippen LogP contribution in [0.5, 0.6) is 17.2 Å². The molecule has 6 atom stereocenters. The molecule has 2 heterocycles. The van der Waals surface area contributed by atoms with Crippen molar-refractivity contribution in [2.45, 2.75) is 74.9 Å². The number of nitro benzene ring substituents is 1. The van der Waals surface area contributed by atoms with E-state index in [1.54, 1.807) is 66.8 Å². The maximum Gasteiger partial charge on any atom is 0.269 e. The second-order valence-electron chi connectivity index (χ2n) is 15.6. The third-order valence-corrected chi connectivity index (χ3v) is 13.0. The molecule has 3 aliphatic rings. The minimum Gasteiger partial charge on any atom is -0.460 e. The quantitative estimate of drug-likeness (QED) is 0.0253. The zero-order valence-corrected chi connectivity index (χ0v) is 34.9. The van der Waals surface area contributed by atoms with Crippen molar-refractivity contribution in [3.8, 4) is 17.2 Å². The molecule has 6 unspecified atom stereocenters. The highest BCUT2D eigenvalue weighted by Crippen LogP contribution is 2.62. The van der Waals surface area contributed by atoms with Crippen LogP contribution in [0.1, 0.15) is 78.0 Å². The Kier molecular flexibility index (Phi) is 15.0. The van der Waals surface area contributed by atoms with Gasteiger partial charge in [0.05, 0.1) is 34.1 Å². The molecule has 1 aliphatic heterocycles. The second kappa shape index (κ2) is 20.9. The number of allylic oxidation sites excluding steroid dienone is 1. The third kappa shape index (κ3) is 10.2. The van der Waals surface area contributed by atoms with E-state index in [1.807, 2.05) is 24.3 Å². The molecule has 61 heavy (non-hydrogen) atoms. The Labute approximate surface area is 360 Å². The van der Waals surface area contributed by atoms with E-state index in [0.717, 1.165) is 60.1 Å². The van der Waals surface area contributed by atoms with Crippen LogP contribution >= 0.6 is 11.8 Å². The lowest BCUT2D eigenvalue weighted by molar-refractivity contribution is -0.384. The van der Waals surface area contributed by atoms with Gasteiger partial charge in [0.25, 0.3) is 5.69 Å². The summed E-state index contributed by atoms with van der Waals surface area (Å²) in [7, 11) is 0. The first-order valence-electron chi connectivity index (χ1n) is 20.9. The summed E-state index contributed by atoms with van der Waals surface area (Å²) in [5, 5.41) is 35.7. The van der Waals surface area contributed by atoms with Crippen molar-refractivity contribution in [2.24, 2.45) is 22.9 Å². The number of thioether (sulfide) groups is 1. The van der Waals surface area contributed by atoms with Gasteiger partial charge in [0, 0.05) is 73.8 Å². The number of aliphatic hydroxyl groups is 2. The highest BCUT2D eigenvalue weighted by Gasteiger charge is 2.64. The molecule has 320 valence electrons. The molecule has 2 N–H and O–H groups in total. The fraction of sp³-hybridized carbons (Fsp3) is 0.404. The Balaban J connectivity index is 1.35. The lowest BCUT2D eigenvalue weighted by Crippen LogP contribution is -2.64. The van der Waals surface area contributed by atoms with Gasteiger partial charge in [0.2, 0.25) is 5.79 Å². The first kappa shape index (κ1) is 43.7. The molecule has 7 rings (SSSR count). The standard InChI is InChI=1S/C47H52N4O9S/c1-2-23-57-47-44(61-24-18-35-29-48-19-20-49-35)28-42(50-58-31-32-12-14-36(15-13-32)51(55)56)40-26-34(9-3-5-21-52)39(11-4-6-22-53)45(46(40)47)41-27-38(16-17-43(41)60-47)59-37-10-7-8-33(25-37)30-54/h2,7-8,10,12-17,19-20,25-27,29-30,34,39,44-46,52-53H,1,3-6,9,11,18,21-24,28,31H2. The van der Waals surface area contributed by atoms with Crippen LogP contribution in [0, 0.1) is 27.9 Å². The molecule has 4 aromatic rings. The van der Waals surface area contributed by atoms with Crippen molar-refractivity contribution in [1.29, 1.82) is 0 Å². The van der Waals surface area contributed by atoms with Gasteiger partial charge in [-0.05, 0) is 96.9 Å². The predicted molar refractivity (Wildman–Crippen MR) is 233 cm³/mol. The predicted octanol–water partition coefficient (Wildman–Crippen LogP) is 8.80. The zero-order valence-electron chi connectivity index (χ0n) is 34.1. The van der Waals surface area contributed by atoms with Crippen LogP contribution in [0.3, 0.4) is 0 Å². The number of aldehydes is 1. The van der Waals surface area contributed by atoms with E-state index >= 15 is 0 Å². The van der Waals surface area contributed by atoms with E-state index in [4.69, 9.17) is 24.2 Å². The van der Waals surface area contributed by atoms with E-state index in [0.29, 0.717) is 54.2 Å². The number of nitrogens with zero attached hydrogens (tertiary/aromatic N) is 4. The van der Waals surface area contributed by atoms with Crippen molar-refractivity contribution < 1.29 is 39.0 Å². The number of hydrogen-bond acceptors (Lipinski definition) is 13. The summed E-state index contributed by atoms with van der Waals surface area (Å²) < 4.78 is 20.7. The van der Waals surface area contributed by atoms with Gasteiger partial charge in [-0.3, -0.25) is 24.9 Å². The molecular weight excluding hydrogens is 797 g/mol. The maximum absolute atomic E-state index is 11.6. The van der Waals surface area contributed by atoms with Crippen LogP contribution in [0.2, 0.25) is 0 Å². The Morgan fingerprint density at radius 1 is 1.02 bits per heavy atom. The van der Waals surface area contributed by atoms with Gasteiger partial charge in [0.1, 0.15) is 30.1 Å². The summed E-state index contributed by atoms with van der Waals surface area (Å²) >= 11 is 1.73. The number of aliphatic hydroxyl groups excluding tert-OH is 2.